The molecule has 0 radical (unpaired) electrons. The second kappa shape index (κ2) is 3.36. The topological polar surface area (TPSA) is 31.2 Å². The van der Waals surface area contributed by atoms with Crippen LogP contribution in [0.1, 0.15) is 16.1 Å². The van der Waals surface area contributed by atoms with E-state index in [2.05, 4.69) is 4.74 Å². The summed E-state index contributed by atoms with van der Waals surface area (Å²) in [6.45, 7) is 0. The van der Waals surface area contributed by atoms with Crippen molar-refractivity contribution >= 4 is 5.97 Å². The Morgan fingerprint density at radius 3 is 2.43 bits per heavy atom. The van der Waals surface area contributed by atoms with Crippen molar-refractivity contribution in [3.05, 3.63) is 23.5 Å². The largest absolute Gasteiger partial charge is 0.465 e. The van der Waals surface area contributed by atoms with Gasteiger partial charge in [0.05, 0.1) is 12.7 Å². The molecule has 0 aliphatic heterocycles. The van der Waals surface area contributed by atoms with Crippen LogP contribution in [-0.2, 0) is 18.0 Å². The van der Waals surface area contributed by atoms with Crippen molar-refractivity contribution in [3.8, 4) is 0 Å². The van der Waals surface area contributed by atoms with Crippen LogP contribution in [0.5, 0.6) is 0 Å². The van der Waals surface area contributed by atoms with Gasteiger partial charge in [0.15, 0.2) is 0 Å². The van der Waals surface area contributed by atoms with E-state index in [0.29, 0.717) is 0 Å². The molecule has 14 heavy (non-hydrogen) atoms. The molecule has 0 amide bonds. The Labute approximate surface area is 78.1 Å². The van der Waals surface area contributed by atoms with Crippen molar-refractivity contribution in [1.29, 1.82) is 0 Å². The van der Waals surface area contributed by atoms with Crippen molar-refractivity contribution in [3.63, 3.8) is 0 Å². The minimum absolute atomic E-state index is 0.109. The summed E-state index contributed by atoms with van der Waals surface area (Å²) in [5.41, 5.74) is -0.986. The van der Waals surface area contributed by atoms with Crippen LogP contribution in [0.3, 0.4) is 0 Å². The minimum Gasteiger partial charge on any atom is -0.465 e. The Kier molecular flexibility index (Phi) is 2.55. The van der Waals surface area contributed by atoms with Gasteiger partial charge in [-0.25, -0.2) is 4.79 Å². The molecule has 1 rings (SSSR count). The number of aromatic nitrogens is 1. The Morgan fingerprint density at radius 1 is 1.50 bits per heavy atom. The average Bonchev–Trinajstić information content (AvgIpc) is 2.45. The summed E-state index contributed by atoms with van der Waals surface area (Å²) in [7, 11) is 2.33. The standard InChI is InChI=1S/C8H8F3NO2/c1-12-4-5(7(13)14-2)3-6(12)8(9,10)11/h3-4H,1-2H3. The molecule has 0 saturated carbocycles. The summed E-state index contributed by atoms with van der Waals surface area (Å²) in [6, 6.07) is 0.756. The van der Waals surface area contributed by atoms with E-state index in [1.54, 1.807) is 0 Å². The summed E-state index contributed by atoms with van der Waals surface area (Å²) in [4.78, 5) is 10.9. The molecular formula is C8H8F3NO2. The lowest BCUT2D eigenvalue weighted by molar-refractivity contribution is -0.143. The molecule has 6 heteroatoms. The molecule has 0 saturated heterocycles. The van der Waals surface area contributed by atoms with Gasteiger partial charge in [-0.3, -0.25) is 0 Å². The number of carbonyl (C=O) groups excluding carboxylic acids is 1. The third-order valence-corrected chi connectivity index (χ3v) is 1.72. The zero-order valence-corrected chi connectivity index (χ0v) is 7.55. The highest BCUT2D eigenvalue weighted by Crippen LogP contribution is 2.30. The number of hydrogen-bond donors (Lipinski definition) is 0. The molecule has 1 heterocycles. The van der Waals surface area contributed by atoms with E-state index >= 15 is 0 Å². The highest BCUT2D eigenvalue weighted by Gasteiger charge is 2.34. The minimum atomic E-state index is -4.46. The van der Waals surface area contributed by atoms with Crippen LogP contribution in [0.2, 0.25) is 0 Å². The lowest BCUT2D eigenvalue weighted by atomic mass is 10.3. The number of carbonyl (C=O) groups is 1. The lowest BCUT2D eigenvalue weighted by Gasteiger charge is -2.05. The molecule has 0 spiro atoms. The Morgan fingerprint density at radius 2 is 2.07 bits per heavy atom. The van der Waals surface area contributed by atoms with Crippen molar-refractivity contribution in [2.24, 2.45) is 7.05 Å². The fraction of sp³-hybridized carbons (Fsp3) is 0.375. The monoisotopic (exact) mass is 207 g/mol. The van der Waals surface area contributed by atoms with Gasteiger partial charge in [0, 0.05) is 13.2 Å². The van der Waals surface area contributed by atoms with Crippen LogP contribution in [0, 0.1) is 0 Å². The molecule has 0 bridgehead atoms. The normalized spacial score (nSPS) is 11.5. The first-order valence-electron chi connectivity index (χ1n) is 3.68. The number of nitrogens with zero attached hydrogens (tertiary/aromatic N) is 1. The third-order valence-electron chi connectivity index (χ3n) is 1.72. The molecule has 0 atom stereocenters. The zero-order valence-electron chi connectivity index (χ0n) is 7.55. The highest BCUT2D eigenvalue weighted by atomic mass is 19.4. The summed E-state index contributed by atoms with van der Waals surface area (Å²) in [6.07, 6.45) is -3.38. The second-order valence-corrected chi connectivity index (χ2v) is 2.71. The molecule has 0 N–H and O–H groups in total. The van der Waals surface area contributed by atoms with E-state index in [9.17, 15) is 18.0 Å². The first kappa shape index (κ1) is 10.6. The van der Waals surface area contributed by atoms with Gasteiger partial charge in [-0.2, -0.15) is 13.2 Å². The summed E-state index contributed by atoms with van der Waals surface area (Å²) >= 11 is 0. The number of halogens is 3. The van der Waals surface area contributed by atoms with E-state index < -0.39 is 17.8 Å². The van der Waals surface area contributed by atoms with Gasteiger partial charge in [0.1, 0.15) is 5.69 Å². The fourth-order valence-electron chi connectivity index (χ4n) is 1.08. The van der Waals surface area contributed by atoms with Crippen molar-refractivity contribution in [2.75, 3.05) is 7.11 Å². The van der Waals surface area contributed by atoms with Crippen LogP contribution in [-0.4, -0.2) is 17.6 Å². The molecule has 0 aliphatic rings. The quantitative estimate of drug-likeness (QED) is 0.658. The van der Waals surface area contributed by atoms with E-state index in [1.165, 1.54) is 7.05 Å². The Bertz CT molecular complexity index is 354. The Balaban J connectivity index is 3.12. The SMILES string of the molecule is COC(=O)c1cc(C(F)(F)F)n(C)c1. The highest BCUT2D eigenvalue weighted by molar-refractivity contribution is 5.89. The third kappa shape index (κ3) is 1.89. The van der Waals surface area contributed by atoms with Gasteiger partial charge in [-0.05, 0) is 6.07 Å². The first-order valence-corrected chi connectivity index (χ1v) is 3.68. The lowest BCUT2D eigenvalue weighted by Crippen LogP contribution is -2.09. The number of hydrogen-bond acceptors (Lipinski definition) is 2. The van der Waals surface area contributed by atoms with Crippen LogP contribution < -0.4 is 0 Å². The molecule has 1 aromatic heterocycles. The van der Waals surface area contributed by atoms with Crippen molar-refractivity contribution in [1.82, 2.24) is 4.57 Å². The number of ether oxygens (including phenoxy) is 1. The summed E-state index contributed by atoms with van der Waals surface area (Å²) < 4.78 is 41.9. The fourth-order valence-corrected chi connectivity index (χ4v) is 1.08. The number of methoxy groups -OCH3 is 1. The van der Waals surface area contributed by atoms with Crippen LogP contribution in [0.4, 0.5) is 13.2 Å². The average molecular weight is 207 g/mol. The van der Waals surface area contributed by atoms with E-state index in [0.717, 1.165) is 23.9 Å². The van der Waals surface area contributed by atoms with Crippen LogP contribution in [0.15, 0.2) is 12.3 Å². The first-order chi connectivity index (χ1) is 6.36. The molecule has 1 aromatic rings. The van der Waals surface area contributed by atoms with Crippen molar-refractivity contribution < 1.29 is 22.7 Å². The molecule has 0 unspecified atom stereocenters. The maximum Gasteiger partial charge on any atom is 0.431 e. The predicted octanol–water partition coefficient (Wildman–Crippen LogP) is 1.83. The van der Waals surface area contributed by atoms with Crippen molar-refractivity contribution in [2.45, 2.75) is 6.18 Å². The number of alkyl halides is 3. The zero-order chi connectivity index (χ0) is 10.9. The molecule has 3 nitrogen and oxygen atoms in total. The van der Waals surface area contributed by atoms with E-state index in [1.807, 2.05) is 0 Å². The van der Waals surface area contributed by atoms with Gasteiger partial charge in [0.2, 0.25) is 0 Å². The maximum atomic E-state index is 12.3. The molecule has 0 fully saturated rings. The number of rotatable bonds is 1. The van der Waals surface area contributed by atoms with E-state index in [-0.39, 0.29) is 5.56 Å². The smallest absolute Gasteiger partial charge is 0.431 e. The maximum absolute atomic E-state index is 12.3. The molecule has 0 aliphatic carbocycles. The molecular weight excluding hydrogens is 199 g/mol. The molecule has 0 aromatic carbocycles. The number of esters is 1. The second-order valence-electron chi connectivity index (χ2n) is 2.71. The Hall–Kier alpha value is -1.46. The van der Waals surface area contributed by atoms with Crippen LogP contribution >= 0.6 is 0 Å². The predicted molar refractivity (Wildman–Crippen MR) is 41.8 cm³/mol. The molecule has 78 valence electrons. The van der Waals surface area contributed by atoms with Gasteiger partial charge >= 0.3 is 12.1 Å². The van der Waals surface area contributed by atoms with Gasteiger partial charge < -0.3 is 9.30 Å². The van der Waals surface area contributed by atoms with Gasteiger partial charge in [0.25, 0.3) is 0 Å². The summed E-state index contributed by atoms with van der Waals surface area (Å²) in [5.74, 6) is -0.781. The van der Waals surface area contributed by atoms with Gasteiger partial charge in [-0.15, -0.1) is 0 Å². The van der Waals surface area contributed by atoms with E-state index in [4.69, 9.17) is 0 Å². The van der Waals surface area contributed by atoms with Gasteiger partial charge in [-0.1, -0.05) is 0 Å². The van der Waals surface area contributed by atoms with Crippen LogP contribution in [0.25, 0.3) is 0 Å². The summed E-state index contributed by atoms with van der Waals surface area (Å²) in [5, 5.41) is 0. The number of aryl methyl sites for hydroxylation is 1.